The van der Waals surface area contributed by atoms with Crippen LogP contribution >= 0.6 is 0 Å². The molecule has 0 fully saturated rings. The zero-order chi connectivity index (χ0) is 18.0. The molecule has 0 radical (unpaired) electrons. The van der Waals surface area contributed by atoms with Gasteiger partial charge < -0.3 is 0 Å². The number of alkyl halides is 1. The van der Waals surface area contributed by atoms with Gasteiger partial charge in [0.25, 0.3) is 0 Å². The Bertz CT molecular complexity index is 852. The number of allylic oxidation sites excluding steroid dienone is 1. The Kier molecular flexibility index (Phi) is 4.96. The molecule has 1 atom stereocenters. The van der Waals surface area contributed by atoms with E-state index in [0.717, 1.165) is 6.08 Å². The quantitative estimate of drug-likeness (QED) is 0.733. The minimum Gasteiger partial charge on any atom is -0.219 e. The second-order valence-electron chi connectivity index (χ2n) is 5.24. The molecule has 0 aliphatic heterocycles. The van der Waals surface area contributed by atoms with E-state index in [0.29, 0.717) is 0 Å². The number of benzene rings is 2. The molecule has 0 aromatic heterocycles. The Hall–Kier alpha value is -1.99. The van der Waals surface area contributed by atoms with Gasteiger partial charge in [0.1, 0.15) is 0 Å². The Morgan fingerprint density at radius 3 is 1.50 bits per heavy atom. The summed E-state index contributed by atoms with van der Waals surface area (Å²) in [5.41, 5.74) is 0. The molecule has 24 heavy (non-hydrogen) atoms. The van der Waals surface area contributed by atoms with Crippen LogP contribution in [0.4, 0.5) is 4.39 Å². The Morgan fingerprint density at radius 2 is 1.21 bits per heavy atom. The Morgan fingerprint density at radius 1 is 0.875 bits per heavy atom. The van der Waals surface area contributed by atoms with Crippen molar-refractivity contribution in [2.24, 2.45) is 5.92 Å². The van der Waals surface area contributed by atoms with E-state index < -0.39 is 39.7 Å². The molecule has 0 N–H and O–H groups in total. The lowest BCUT2D eigenvalue weighted by Crippen LogP contribution is -2.47. The fraction of sp³-hybridized carbons (Fsp3) is 0.176. The summed E-state index contributed by atoms with van der Waals surface area (Å²) < 4.78 is 63.8. The van der Waals surface area contributed by atoms with E-state index in [1.165, 1.54) is 55.5 Å². The molecule has 0 aliphatic rings. The van der Waals surface area contributed by atoms with Gasteiger partial charge in [-0.3, -0.25) is 0 Å². The summed E-state index contributed by atoms with van der Waals surface area (Å²) in [5.74, 6) is -1.48. The van der Waals surface area contributed by atoms with Crippen molar-refractivity contribution in [1.82, 2.24) is 0 Å². The maximum absolute atomic E-state index is 15.9. The summed E-state index contributed by atoms with van der Waals surface area (Å²) >= 11 is 0. The zero-order valence-corrected chi connectivity index (χ0v) is 14.6. The van der Waals surface area contributed by atoms with Gasteiger partial charge >= 0.3 is 4.33 Å². The van der Waals surface area contributed by atoms with Crippen molar-refractivity contribution in [1.29, 1.82) is 0 Å². The molecule has 7 heteroatoms. The molecule has 128 valence electrons. The van der Waals surface area contributed by atoms with Crippen LogP contribution in [0.2, 0.25) is 0 Å². The highest BCUT2D eigenvalue weighted by atomic mass is 32.3. The first-order valence-electron chi connectivity index (χ1n) is 7.10. The molecule has 2 rings (SSSR count). The molecule has 0 bridgehead atoms. The predicted octanol–water partition coefficient (Wildman–Crippen LogP) is 3.38. The van der Waals surface area contributed by atoms with Crippen molar-refractivity contribution >= 4 is 19.7 Å². The Labute approximate surface area is 141 Å². The van der Waals surface area contributed by atoms with E-state index in [2.05, 4.69) is 6.58 Å². The number of hydrogen-bond donors (Lipinski definition) is 0. The third kappa shape index (κ3) is 2.67. The van der Waals surface area contributed by atoms with Gasteiger partial charge in [-0.1, -0.05) is 49.4 Å². The molecule has 0 amide bonds. The monoisotopic (exact) mass is 368 g/mol. The summed E-state index contributed by atoms with van der Waals surface area (Å²) in [5, 5.41) is 0. The summed E-state index contributed by atoms with van der Waals surface area (Å²) in [4.78, 5) is -0.804. The lowest BCUT2D eigenvalue weighted by molar-refractivity contribution is 0.302. The highest BCUT2D eigenvalue weighted by molar-refractivity contribution is 8.10. The molecular formula is C17H17FO4S2. The van der Waals surface area contributed by atoms with Crippen LogP contribution in [0.3, 0.4) is 0 Å². The summed E-state index contributed by atoms with van der Waals surface area (Å²) in [6.45, 7) is 4.55. The smallest absolute Gasteiger partial charge is 0.219 e. The average molecular weight is 368 g/mol. The average Bonchev–Trinajstić information content (AvgIpc) is 2.61. The van der Waals surface area contributed by atoms with Crippen LogP contribution in [0.25, 0.3) is 0 Å². The zero-order valence-electron chi connectivity index (χ0n) is 13.0. The molecule has 4 nitrogen and oxygen atoms in total. The molecule has 0 aliphatic carbocycles. The van der Waals surface area contributed by atoms with E-state index in [4.69, 9.17) is 0 Å². The molecule has 0 saturated carbocycles. The third-order valence-corrected chi connectivity index (χ3v) is 9.05. The second-order valence-corrected chi connectivity index (χ2v) is 9.64. The third-order valence-electron chi connectivity index (χ3n) is 3.74. The minimum absolute atomic E-state index is 0.402. The first-order chi connectivity index (χ1) is 11.2. The van der Waals surface area contributed by atoms with E-state index in [9.17, 15) is 16.8 Å². The number of halogens is 1. The molecular weight excluding hydrogens is 351 g/mol. The summed E-state index contributed by atoms with van der Waals surface area (Å²) in [6, 6.07) is 13.4. The van der Waals surface area contributed by atoms with Crippen LogP contribution in [-0.2, 0) is 19.7 Å². The van der Waals surface area contributed by atoms with E-state index >= 15 is 4.39 Å². The van der Waals surface area contributed by atoms with Crippen LogP contribution < -0.4 is 0 Å². The number of hydrogen-bond acceptors (Lipinski definition) is 4. The predicted molar refractivity (Wildman–Crippen MR) is 90.5 cm³/mol. The van der Waals surface area contributed by atoms with Crippen LogP contribution in [0.5, 0.6) is 0 Å². The SMILES string of the molecule is C=CC(C)C(F)(S(=O)(=O)c1ccccc1)S(=O)(=O)c1ccccc1. The largest absolute Gasteiger partial charge is 0.323 e. The molecule has 0 heterocycles. The van der Waals surface area contributed by atoms with Gasteiger partial charge in [-0.15, -0.1) is 6.58 Å². The normalized spacial score (nSPS) is 14.1. The number of sulfone groups is 2. The van der Waals surface area contributed by atoms with Crippen molar-refractivity contribution in [2.45, 2.75) is 21.0 Å². The van der Waals surface area contributed by atoms with Crippen LogP contribution in [0, 0.1) is 5.92 Å². The second kappa shape index (κ2) is 6.49. The minimum atomic E-state index is -4.84. The van der Waals surface area contributed by atoms with Crippen molar-refractivity contribution < 1.29 is 21.2 Å². The molecule has 2 aromatic carbocycles. The van der Waals surface area contributed by atoms with Crippen molar-refractivity contribution in [3.8, 4) is 0 Å². The van der Waals surface area contributed by atoms with Gasteiger partial charge in [0.2, 0.25) is 19.7 Å². The van der Waals surface area contributed by atoms with Crippen LogP contribution in [0.15, 0.2) is 83.1 Å². The maximum atomic E-state index is 15.9. The first-order valence-corrected chi connectivity index (χ1v) is 10.1. The van der Waals surface area contributed by atoms with Crippen molar-refractivity contribution in [2.75, 3.05) is 0 Å². The van der Waals surface area contributed by atoms with E-state index in [1.54, 1.807) is 12.1 Å². The molecule has 2 aromatic rings. The standard InChI is InChI=1S/C17H17FO4S2/c1-3-14(2)17(18,23(19,20)15-10-6-4-7-11-15)24(21,22)16-12-8-5-9-13-16/h3-14H,1H2,2H3. The maximum Gasteiger partial charge on any atom is 0.323 e. The van der Waals surface area contributed by atoms with Crippen LogP contribution in [0.1, 0.15) is 6.92 Å². The van der Waals surface area contributed by atoms with E-state index in [1.807, 2.05) is 0 Å². The lowest BCUT2D eigenvalue weighted by Gasteiger charge is -2.29. The van der Waals surface area contributed by atoms with Gasteiger partial charge in [0.05, 0.1) is 9.79 Å². The van der Waals surface area contributed by atoms with Gasteiger partial charge in [-0.05, 0) is 24.3 Å². The van der Waals surface area contributed by atoms with Crippen molar-refractivity contribution in [3.63, 3.8) is 0 Å². The lowest BCUT2D eigenvalue weighted by atomic mass is 10.2. The molecule has 0 saturated heterocycles. The van der Waals surface area contributed by atoms with Gasteiger partial charge in [-0.25, -0.2) is 21.2 Å². The fourth-order valence-corrected chi connectivity index (χ4v) is 6.87. The van der Waals surface area contributed by atoms with Gasteiger partial charge in [0.15, 0.2) is 0 Å². The molecule has 1 unspecified atom stereocenters. The Balaban J connectivity index is 2.80. The van der Waals surface area contributed by atoms with Gasteiger partial charge in [0, 0.05) is 5.92 Å². The summed E-state index contributed by atoms with van der Waals surface area (Å²) in [7, 11) is -9.69. The van der Waals surface area contributed by atoms with Crippen LogP contribution in [-0.4, -0.2) is 21.2 Å². The highest BCUT2D eigenvalue weighted by Crippen LogP contribution is 2.42. The summed E-state index contributed by atoms with van der Waals surface area (Å²) in [6.07, 6.45) is 0.987. The highest BCUT2D eigenvalue weighted by Gasteiger charge is 2.60. The van der Waals surface area contributed by atoms with Gasteiger partial charge in [-0.2, -0.15) is 0 Å². The fourth-order valence-electron chi connectivity index (χ4n) is 2.30. The number of rotatable bonds is 6. The van der Waals surface area contributed by atoms with Crippen molar-refractivity contribution in [3.05, 3.63) is 73.3 Å². The van der Waals surface area contributed by atoms with E-state index in [-0.39, 0.29) is 0 Å². The first kappa shape index (κ1) is 18.4. The molecule has 0 spiro atoms. The topological polar surface area (TPSA) is 68.3 Å².